The van der Waals surface area contributed by atoms with Crippen molar-refractivity contribution in [3.05, 3.63) is 47.4 Å². The Morgan fingerprint density at radius 3 is 3.04 bits per heavy atom. The molecule has 0 atom stereocenters. The monoisotopic (exact) mass is 355 g/mol. The van der Waals surface area contributed by atoms with Crippen molar-refractivity contribution in [3.63, 3.8) is 0 Å². The Labute approximate surface area is 151 Å². The Bertz CT molecular complexity index is 822. The summed E-state index contributed by atoms with van der Waals surface area (Å²) in [4.78, 5) is 32.4. The summed E-state index contributed by atoms with van der Waals surface area (Å²) in [5.41, 5.74) is 2.61. The van der Waals surface area contributed by atoms with Crippen LogP contribution in [0.5, 0.6) is 5.88 Å². The Morgan fingerprint density at radius 2 is 2.23 bits per heavy atom. The maximum atomic E-state index is 12.3. The highest BCUT2D eigenvalue weighted by molar-refractivity contribution is 5.99. The predicted molar refractivity (Wildman–Crippen MR) is 96.1 cm³/mol. The zero-order chi connectivity index (χ0) is 18.5. The van der Waals surface area contributed by atoms with Crippen LogP contribution in [0, 0.1) is 0 Å². The third kappa shape index (κ3) is 4.08. The van der Waals surface area contributed by atoms with E-state index in [1.165, 1.54) is 6.20 Å². The zero-order valence-corrected chi connectivity index (χ0v) is 14.7. The Hall–Kier alpha value is -3.16. The van der Waals surface area contributed by atoms with Crippen LogP contribution in [-0.2, 0) is 13.0 Å². The Kier molecular flexibility index (Phi) is 5.31. The molecular formula is C18H21N5O3. The molecule has 1 aliphatic heterocycles. The van der Waals surface area contributed by atoms with E-state index < -0.39 is 0 Å². The first-order chi connectivity index (χ1) is 12.5. The normalized spacial score (nSPS) is 13.0. The van der Waals surface area contributed by atoms with E-state index in [1.807, 2.05) is 19.9 Å². The van der Waals surface area contributed by atoms with Crippen LogP contribution in [0.4, 0.5) is 10.5 Å². The van der Waals surface area contributed by atoms with Crippen LogP contribution in [0.2, 0.25) is 0 Å². The number of fused-ring (bicyclic) bond motifs is 1. The molecule has 2 aromatic rings. The van der Waals surface area contributed by atoms with Crippen LogP contribution in [0.25, 0.3) is 0 Å². The van der Waals surface area contributed by atoms with Gasteiger partial charge in [-0.2, -0.15) is 0 Å². The number of carbonyl (C=O) groups is 2. The summed E-state index contributed by atoms with van der Waals surface area (Å²) >= 11 is 0. The van der Waals surface area contributed by atoms with Crippen molar-refractivity contribution in [1.82, 2.24) is 20.6 Å². The van der Waals surface area contributed by atoms with Crippen molar-refractivity contribution in [3.8, 4) is 5.88 Å². The third-order valence-electron chi connectivity index (χ3n) is 3.85. The van der Waals surface area contributed by atoms with E-state index in [0.717, 1.165) is 11.1 Å². The van der Waals surface area contributed by atoms with Gasteiger partial charge in [-0.3, -0.25) is 9.78 Å². The van der Waals surface area contributed by atoms with E-state index in [1.54, 1.807) is 18.5 Å². The number of ether oxygens (including phenoxy) is 1. The average Bonchev–Trinajstić information content (AvgIpc) is 2.61. The predicted octanol–water partition coefficient (Wildman–Crippen LogP) is 1.87. The second-order valence-corrected chi connectivity index (χ2v) is 6.16. The number of aromatic nitrogens is 2. The number of nitrogens with one attached hydrogen (secondary N) is 3. The number of anilines is 1. The number of pyridine rings is 2. The Morgan fingerprint density at radius 1 is 1.38 bits per heavy atom. The number of carbonyl (C=O) groups excluding carboxylic acids is 2. The van der Waals surface area contributed by atoms with Crippen LogP contribution in [0.3, 0.4) is 0 Å². The summed E-state index contributed by atoms with van der Waals surface area (Å²) in [6.45, 7) is 4.64. The largest absolute Gasteiger partial charge is 0.475 e. The number of rotatable bonds is 5. The number of urea groups is 1. The van der Waals surface area contributed by atoms with Crippen molar-refractivity contribution >= 4 is 17.6 Å². The van der Waals surface area contributed by atoms with Gasteiger partial charge in [-0.25, -0.2) is 9.78 Å². The van der Waals surface area contributed by atoms with E-state index in [0.29, 0.717) is 30.1 Å². The lowest BCUT2D eigenvalue weighted by Crippen LogP contribution is -2.34. The van der Waals surface area contributed by atoms with Gasteiger partial charge in [0.2, 0.25) is 5.88 Å². The van der Waals surface area contributed by atoms with Crippen LogP contribution in [0.1, 0.15) is 35.3 Å². The van der Waals surface area contributed by atoms with Gasteiger partial charge in [0.1, 0.15) is 0 Å². The van der Waals surface area contributed by atoms with Crippen LogP contribution in [-0.4, -0.2) is 34.6 Å². The summed E-state index contributed by atoms with van der Waals surface area (Å²) in [5.74, 6) is 0.326. The molecule has 0 radical (unpaired) electrons. The number of hydrogen-bond donors (Lipinski definition) is 3. The lowest BCUT2D eigenvalue weighted by Gasteiger charge is -2.19. The zero-order valence-electron chi connectivity index (χ0n) is 14.7. The summed E-state index contributed by atoms with van der Waals surface area (Å²) in [7, 11) is 0. The number of hydrogen-bond acceptors (Lipinski definition) is 5. The quantitative estimate of drug-likeness (QED) is 0.759. The van der Waals surface area contributed by atoms with E-state index in [2.05, 4.69) is 25.9 Å². The standard InChI is InChI=1S/C18H21N5O3/c1-11(2)26-17-12(4-3-6-21-17)8-22-18(25)23-15-10-19-9-14-13(15)5-7-20-16(14)24/h3-4,6,9-11H,5,7-8H2,1-2H3,(H,20,24)(H2,22,23,25). The lowest BCUT2D eigenvalue weighted by atomic mass is 10.0. The molecule has 0 fully saturated rings. The molecular weight excluding hydrogens is 334 g/mol. The van der Waals surface area contributed by atoms with Crippen molar-refractivity contribution < 1.29 is 14.3 Å². The lowest BCUT2D eigenvalue weighted by molar-refractivity contribution is 0.0945. The van der Waals surface area contributed by atoms with Gasteiger partial charge < -0.3 is 20.7 Å². The molecule has 2 aromatic heterocycles. The molecule has 0 aliphatic carbocycles. The molecule has 0 spiro atoms. The highest BCUT2D eigenvalue weighted by atomic mass is 16.5. The van der Waals surface area contributed by atoms with E-state index >= 15 is 0 Å². The molecule has 1 aliphatic rings. The third-order valence-corrected chi connectivity index (χ3v) is 3.85. The molecule has 8 heteroatoms. The number of nitrogens with zero attached hydrogens (tertiary/aromatic N) is 2. The number of amides is 3. The fourth-order valence-corrected chi connectivity index (χ4v) is 2.69. The minimum Gasteiger partial charge on any atom is -0.475 e. The summed E-state index contributed by atoms with van der Waals surface area (Å²) in [6.07, 6.45) is 5.35. The smallest absolute Gasteiger partial charge is 0.319 e. The molecule has 26 heavy (non-hydrogen) atoms. The van der Waals surface area contributed by atoms with Gasteiger partial charge in [-0.05, 0) is 31.9 Å². The van der Waals surface area contributed by atoms with E-state index in [-0.39, 0.29) is 24.6 Å². The fraction of sp³-hybridized carbons (Fsp3) is 0.333. The van der Waals surface area contributed by atoms with Crippen LogP contribution >= 0.6 is 0 Å². The van der Waals surface area contributed by atoms with E-state index in [9.17, 15) is 9.59 Å². The van der Waals surface area contributed by atoms with E-state index in [4.69, 9.17) is 4.74 Å². The van der Waals surface area contributed by atoms with Crippen molar-refractivity contribution in [2.24, 2.45) is 0 Å². The topological polar surface area (TPSA) is 105 Å². The molecule has 0 saturated heterocycles. The van der Waals surface area contributed by atoms with Gasteiger partial charge in [0.05, 0.1) is 23.6 Å². The molecule has 0 bridgehead atoms. The molecule has 0 saturated carbocycles. The molecule has 3 heterocycles. The molecule has 0 unspecified atom stereocenters. The molecule has 136 valence electrons. The van der Waals surface area contributed by atoms with Gasteiger partial charge >= 0.3 is 6.03 Å². The van der Waals surface area contributed by atoms with Gasteiger partial charge in [-0.1, -0.05) is 6.07 Å². The molecule has 3 rings (SSSR count). The second-order valence-electron chi connectivity index (χ2n) is 6.16. The highest BCUT2D eigenvalue weighted by Crippen LogP contribution is 2.22. The molecule has 3 amide bonds. The van der Waals surface area contributed by atoms with Crippen molar-refractivity contribution in [2.75, 3.05) is 11.9 Å². The average molecular weight is 355 g/mol. The molecule has 0 aromatic carbocycles. The van der Waals surface area contributed by atoms with Gasteiger partial charge in [0, 0.05) is 31.0 Å². The van der Waals surface area contributed by atoms with Gasteiger partial charge in [0.25, 0.3) is 5.91 Å². The summed E-state index contributed by atoms with van der Waals surface area (Å²) < 4.78 is 5.64. The van der Waals surface area contributed by atoms with Crippen LogP contribution < -0.4 is 20.7 Å². The highest BCUT2D eigenvalue weighted by Gasteiger charge is 2.20. The SMILES string of the molecule is CC(C)Oc1ncccc1CNC(=O)Nc1cncc2c1CCNC2=O. The second kappa shape index (κ2) is 7.81. The molecule has 3 N–H and O–H groups in total. The minimum atomic E-state index is -0.384. The first-order valence-corrected chi connectivity index (χ1v) is 8.45. The van der Waals surface area contributed by atoms with Crippen molar-refractivity contribution in [2.45, 2.75) is 32.9 Å². The van der Waals surface area contributed by atoms with Crippen molar-refractivity contribution in [1.29, 1.82) is 0 Å². The molecule has 8 nitrogen and oxygen atoms in total. The van der Waals surface area contributed by atoms with Crippen LogP contribution in [0.15, 0.2) is 30.7 Å². The summed E-state index contributed by atoms with van der Waals surface area (Å²) in [6, 6.07) is 3.25. The van der Waals surface area contributed by atoms with Gasteiger partial charge in [0.15, 0.2) is 0 Å². The minimum absolute atomic E-state index is 0.00876. The Balaban J connectivity index is 1.66. The maximum absolute atomic E-state index is 12.3. The summed E-state index contributed by atoms with van der Waals surface area (Å²) in [5, 5.41) is 8.31. The first kappa shape index (κ1) is 17.7. The fourth-order valence-electron chi connectivity index (χ4n) is 2.69. The van der Waals surface area contributed by atoms with Gasteiger partial charge in [-0.15, -0.1) is 0 Å². The first-order valence-electron chi connectivity index (χ1n) is 8.45. The maximum Gasteiger partial charge on any atom is 0.319 e.